The van der Waals surface area contributed by atoms with Crippen LogP contribution in [0.4, 0.5) is 13.2 Å². The molecule has 2 saturated heterocycles. The van der Waals surface area contributed by atoms with Crippen LogP contribution in [0.25, 0.3) is 0 Å². The molecule has 23 heavy (non-hydrogen) atoms. The van der Waals surface area contributed by atoms with Gasteiger partial charge < -0.3 is 4.90 Å². The van der Waals surface area contributed by atoms with Crippen LogP contribution < -0.4 is 0 Å². The minimum atomic E-state index is -4.76. The average molecular weight is 369 g/mol. The molecule has 4 nitrogen and oxygen atoms in total. The summed E-state index contributed by atoms with van der Waals surface area (Å²) in [4.78, 5) is 16.8. The smallest absolute Gasteiger partial charge is 0.332 e. The van der Waals surface area contributed by atoms with Crippen LogP contribution in [0.2, 0.25) is 0 Å². The Balaban J connectivity index is 1.81. The standard InChI is InChI=1S/C14H24F3N3OP2/c1-22(2)13(23(3)4)20-9-11(10-20)18-5-7-19(8-6-18)12(21)14(15,16)17/h11,13H,1,3,5-10H2,2,4H3/q+2. The Bertz CT molecular complexity index is 484. The highest BCUT2D eigenvalue weighted by atomic mass is 31.2. The van der Waals surface area contributed by atoms with E-state index in [0.29, 0.717) is 24.7 Å². The Morgan fingerprint density at radius 2 is 1.57 bits per heavy atom. The maximum Gasteiger partial charge on any atom is 0.471 e. The second kappa shape index (κ2) is 7.18. The quantitative estimate of drug-likeness (QED) is 0.707. The van der Waals surface area contributed by atoms with Crippen LogP contribution in [0.1, 0.15) is 0 Å². The molecule has 0 aromatic carbocycles. The molecule has 2 unspecified atom stereocenters. The molecule has 2 aliphatic heterocycles. The molecule has 0 aliphatic carbocycles. The molecule has 9 heteroatoms. The van der Waals surface area contributed by atoms with Gasteiger partial charge in [0.25, 0.3) is 0 Å². The second-order valence-corrected chi connectivity index (χ2v) is 10.7. The second-order valence-electron chi connectivity index (χ2n) is 6.29. The van der Waals surface area contributed by atoms with Crippen molar-refractivity contribution in [3.63, 3.8) is 0 Å². The van der Waals surface area contributed by atoms with Gasteiger partial charge in [-0.2, -0.15) is 13.2 Å². The van der Waals surface area contributed by atoms with E-state index in [1.807, 2.05) is 0 Å². The lowest BCUT2D eigenvalue weighted by Gasteiger charge is -2.47. The first kappa shape index (κ1) is 18.9. The molecule has 2 atom stereocenters. The zero-order valence-electron chi connectivity index (χ0n) is 13.6. The number of halogens is 3. The predicted molar refractivity (Wildman–Crippen MR) is 93.3 cm³/mol. The van der Waals surface area contributed by atoms with Gasteiger partial charge in [0.15, 0.2) is 15.1 Å². The predicted octanol–water partition coefficient (Wildman–Crippen LogP) is 1.75. The third-order valence-corrected chi connectivity index (χ3v) is 8.96. The normalized spacial score (nSPS) is 24.1. The number of hydrogen-bond donors (Lipinski definition) is 0. The molecule has 130 valence electrons. The van der Waals surface area contributed by atoms with Crippen LogP contribution in [0.3, 0.4) is 0 Å². The van der Waals surface area contributed by atoms with Gasteiger partial charge in [-0.1, -0.05) is 0 Å². The van der Waals surface area contributed by atoms with Crippen molar-refractivity contribution < 1.29 is 18.0 Å². The van der Waals surface area contributed by atoms with Crippen molar-refractivity contribution in [1.29, 1.82) is 0 Å². The van der Waals surface area contributed by atoms with E-state index in [9.17, 15) is 18.0 Å². The molecule has 0 radical (unpaired) electrons. The lowest BCUT2D eigenvalue weighted by Crippen LogP contribution is -2.64. The molecule has 0 aromatic rings. The van der Waals surface area contributed by atoms with Crippen molar-refractivity contribution in [2.45, 2.75) is 17.7 Å². The fourth-order valence-electron chi connectivity index (χ4n) is 3.27. The molecule has 2 fully saturated rings. The first-order chi connectivity index (χ1) is 10.6. The number of carbonyl (C=O) groups is 1. The van der Waals surface area contributed by atoms with E-state index in [4.69, 9.17) is 0 Å². The van der Waals surface area contributed by atoms with E-state index in [1.54, 1.807) is 0 Å². The fraction of sp³-hybridized carbons (Fsp3) is 0.786. The summed E-state index contributed by atoms with van der Waals surface area (Å²) in [5, 5.41) is 0. The summed E-state index contributed by atoms with van der Waals surface area (Å²) in [5.74, 6) is -1.71. The molecule has 1 amide bonds. The van der Waals surface area contributed by atoms with Gasteiger partial charge in [-0.15, -0.1) is 0 Å². The summed E-state index contributed by atoms with van der Waals surface area (Å²) in [7, 11) is -0.634. The summed E-state index contributed by atoms with van der Waals surface area (Å²) < 4.78 is 37.3. The van der Waals surface area contributed by atoms with Crippen LogP contribution in [0.15, 0.2) is 0 Å². The van der Waals surface area contributed by atoms with E-state index in [2.05, 4.69) is 35.7 Å². The summed E-state index contributed by atoms with van der Waals surface area (Å²) in [5.41, 5.74) is 0.462. The van der Waals surface area contributed by atoms with Crippen molar-refractivity contribution in [3.05, 3.63) is 0 Å². The van der Waals surface area contributed by atoms with Crippen LogP contribution in [0.5, 0.6) is 0 Å². The highest BCUT2D eigenvalue weighted by molar-refractivity contribution is 7.72. The molecule has 0 saturated carbocycles. The van der Waals surface area contributed by atoms with E-state index in [0.717, 1.165) is 18.0 Å². The molecule has 0 bridgehead atoms. The minimum Gasteiger partial charge on any atom is -0.332 e. The van der Waals surface area contributed by atoms with E-state index < -0.39 is 12.1 Å². The highest BCUT2D eigenvalue weighted by Gasteiger charge is 2.47. The fourth-order valence-corrected chi connectivity index (χ4v) is 7.46. The molecule has 2 rings (SSSR count). The Morgan fingerprint density at radius 1 is 1.09 bits per heavy atom. The van der Waals surface area contributed by atoms with Crippen molar-refractivity contribution >= 4 is 33.6 Å². The van der Waals surface area contributed by atoms with Gasteiger partial charge in [-0.3, -0.25) is 9.69 Å². The zero-order valence-corrected chi connectivity index (χ0v) is 15.4. The maximum atomic E-state index is 12.4. The number of amides is 1. The van der Waals surface area contributed by atoms with E-state index >= 15 is 0 Å². The Kier molecular flexibility index (Phi) is 5.89. The lowest BCUT2D eigenvalue weighted by molar-refractivity contribution is -0.187. The number of likely N-dealkylation sites (tertiary alicyclic amines) is 1. The zero-order chi connectivity index (χ0) is 17.4. The first-order valence-corrected chi connectivity index (χ1v) is 11.6. The molecule has 0 spiro atoms. The van der Waals surface area contributed by atoms with Gasteiger partial charge in [0.1, 0.15) is 13.3 Å². The minimum absolute atomic E-state index is 0.157. The maximum absolute atomic E-state index is 12.4. The Labute approximate surface area is 137 Å². The number of alkyl halides is 3. The van der Waals surface area contributed by atoms with Gasteiger partial charge >= 0.3 is 17.6 Å². The third-order valence-electron chi connectivity index (χ3n) is 4.37. The number of piperazine rings is 1. The third kappa shape index (κ3) is 4.33. The van der Waals surface area contributed by atoms with Crippen LogP contribution >= 0.6 is 15.1 Å². The van der Waals surface area contributed by atoms with Crippen molar-refractivity contribution in [1.82, 2.24) is 14.7 Å². The SMILES string of the molecule is C=[P+](C)C(N1CC(N2CCN(C(=O)C(F)(F)F)CC2)C1)[P+](=C)C. The van der Waals surface area contributed by atoms with Crippen LogP contribution in [-0.4, -0.2) is 104 Å². The largest absolute Gasteiger partial charge is 0.471 e. The summed E-state index contributed by atoms with van der Waals surface area (Å²) in [6.07, 6.45) is 3.61. The van der Waals surface area contributed by atoms with Crippen molar-refractivity contribution in [3.8, 4) is 0 Å². The van der Waals surface area contributed by atoms with E-state index in [1.165, 1.54) is 0 Å². The van der Waals surface area contributed by atoms with Crippen molar-refractivity contribution in [2.24, 2.45) is 0 Å². The number of carbonyl (C=O) groups excluding carboxylic acids is 1. The highest BCUT2D eigenvalue weighted by Crippen LogP contribution is 2.44. The molecule has 2 heterocycles. The Hall–Kier alpha value is -0.480. The summed E-state index contributed by atoms with van der Waals surface area (Å²) in [6.45, 7) is 7.54. The lowest BCUT2D eigenvalue weighted by atomic mass is 10.1. The first-order valence-electron chi connectivity index (χ1n) is 7.52. The monoisotopic (exact) mass is 369 g/mol. The van der Waals surface area contributed by atoms with Gasteiger partial charge in [-0.05, 0) is 0 Å². The van der Waals surface area contributed by atoms with Crippen LogP contribution in [-0.2, 0) is 4.79 Å². The molecule has 0 aromatic heterocycles. The van der Waals surface area contributed by atoms with Gasteiger partial charge in [0.05, 0.1) is 12.6 Å². The van der Waals surface area contributed by atoms with Gasteiger partial charge in [0.2, 0.25) is 0 Å². The van der Waals surface area contributed by atoms with Crippen LogP contribution in [0, 0.1) is 0 Å². The number of rotatable bonds is 4. The molecule has 0 N–H and O–H groups in total. The molecular weight excluding hydrogens is 345 g/mol. The topological polar surface area (TPSA) is 26.8 Å². The number of nitrogens with zero attached hydrogens (tertiary/aromatic N) is 3. The summed E-state index contributed by atoms with van der Waals surface area (Å²) >= 11 is 0. The van der Waals surface area contributed by atoms with Gasteiger partial charge in [-0.25, -0.2) is 4.90 Å². The van der Waals surface area contributed by atoms with Crippen molar-refractivity contribution in [2.75, 3.05) is 52.6 Å². The Morgan fingerprint density at radius 3 is 1.96 bits per heavy atom. The van der Waals surface area contributed by atoms with E-state index in [-0.39, 0.29) is 28.2 Å². The van der Waals surface area contributed by atoms with Gasteiger partial charge in [0, 0.05) is 45.3 Å². The average Bonchev–Trinajstić information content (AvgIpc) is 2.39. The molecular formula is C14H24F3N3OP2+2. The molecule has 2 aliphatic rings. The number of hydrogen-bond acceptors (Lipinski definition) is 3. The summed E-state index contributed by atoms with van der Waals surface area (Å²) in [6, 6.07) is 0.380.